The Kier molecular flexibility index (Phi) is 6.52. The molecule has 90 valence electrons. The lowest BCUT2D eigenvalue weighted by atomic mass is 9.89. The standard InChI is InChI=1S/C11H23NO3/c1-5-9(8-15-4)12-7-6-11(2,3)10(13)14/h9,12H,5-8H2,1-4H3,(H,13,14). The Hall–Kier alpha value is -0.610. The number of carbonyl (C=O) groups is 1. The zero-order chi connectivity index (χ0) is 11.9. The molecule has 0 aromatic rings. The van der Waals surface area contributed by atoms with E-state index in [-0.39, 0.29) is 0 Å². The molecule has 15 heavy (non-hydrogen) atoms. The first-order chi connectivity index (χ1) is 6.94. The molecule has 0 amide bonds. The van der Waals surface area contributed by atoms with Crippen molar-refractivity contribution in [3.8, 4) is 0 Å². The van der Waals surface area contributed by atoms with E-state index in [9.17, 15) is 4.79 Å². The fourth-order valence-corrected chi connectivity index (χ4v) is 1.22. The molecule has 0 radical (unpaired) electrons. The number of nitrogens with one attached hydrogen (secondary N) is 1. The summed E-state index contributed by atoms with van der Waals surface area (Å²) in [5, 5.41) is 12.2. The molecule has 0 spiro atoms. The van der Waals surface area contributed by atoms with Crippen molar-refractivity contribution in [1.82, 2.24) is 5.32 Å². The molecule has 4 heteroatoms. The topological polar surface area (TPSA) is 58.6 Å². The maximum Gasteiger partial charge on any atom is 0.309 e. The summed E-state index contributed by atoms with van der Waals surface area (Å²) in [5.74, 6) is -0.746. The van der Waals surface area contributed by atoms with E-state index in [0.29, 0.717) is 25.6 Å². The van der Waals surface area contributed by atoms with Crippen molar-refractivity contribution in [2.45, 2.75) is 39.7 Å². The Morgan fingerprint density at radius 1 is 1.53 bits per heavy atom. The Morgan fingerprint density at radius 2 is 2.13 bits per heavy atom. The maximum absolute atomic E-state index is 10.8. The average Bonchev–Trinajstić information content (AvgIpc) is 2.16. The van der Waals surface area contributed by atoms with Crippen LogP contribution in [0.3, 0.4) is 0 Å². The minimum atomic E-state index is -0.746. The molecule has 0 heterocycles. The molecule has 4 nitrogen and oxygen atoms in total. The predicted molar refractivity (Wildman–Crippen MR) is 60.0 cm³/mol. The van der Waals surface area contributed by atoms with Gasteiger partial charge in [0.1, 0.15) is 0 Å². The van der Waals surface area contributed by atoms with E-state index < -0.39 is 11.4 Å². The summed E-state index contributed by atoms with van der Waals surface area (Å²) in [6.45, 7) is 6.95. The van der Waals surface area contributed by atoms with Gasteiger partial charge in [0, 0.05) is 13.2 Å². The third-order valence-electron chi connectivity index (χ3n) is 2.62. The van der Waals surface area contributed by atoms with Crippen LogP contribution in [0, 0.1) is 5.41 Å². The van der Waals surface area contributed by atoms with Gasteiger partial charge in [0.15, 0.2) is 0 Å². The Bertz CT molecular complexity index is 192. The summed E-state index contributed by atoms with van der Waals surface area (Å²) >= 11 is 0. The van der Waals surface area contributed by atoms with Crippen molar-refractivity contribution in [2.75, 3.05) is 20.3 Å². The van der Waals surface area contributed by atoms with Gasteiger partial charge in [-0.25, -0.2) is 0 Å². The summed E-state index contributed by atoms with van der Waals surface area (Å²) < 4.78 is 5.05. The van der Waals surface area contributed by atoms with Crippen molar-refractivity contribution in [1.29, 1.82) is 0 Å². The van der Waals surface area contributed by atoms with Crippen molar-refractivity contribution in [3.05, 3.63) is 0 Å². The fraction of sp³-hybridized carbons (Fsp3) is 0.909. The van der Waals surface area contributed by atoms with Crippen LogP contribution in [0.15, 0.2) is 0 Å². The SMILES string of the molecule is CCC(COC)NCCC(C)(C)C(=O)O. The van der Waals surface area contributed by atoms with Crippen LogP contribution in [-0.2, 0) is 9.53 Å². The minimum Gasteiger partial charge on any atom is -0.481 e. The van der Waals surface area contributed by atoms with Gasteiger partial charge in [-0.15, -0.1) is 0 Å². The van der Waals surface area contributed by atoms with Gasteiger partial charge in [-0.1, -0.05) is 6.92 Å². The van der Waals surface area contributed by atoms with E-state index >= 15 is 0 Å². The quantitative estimate of drug-likeness (QED) is 0.647. The van der Waals surface area contributed by atoms with Gasteiger partial charge in [-0.2, -0.15) is 0 Å². The number of hydrogen-bond acceptors (Lipinski definition) is 3. The molecular weight excluding hydrogens is 194 g/mol. The van der Waals surface area contributed by atoms with Crippen LogP contribution in [0.5, 0.6) is 0 Å². The van der Waals surface area contributed by atoms with Gasteiger partial charge in [0.25, 0.3) is 0 Å². The molecule has 0 aliphatic carbocycles. The zero-order valence-corrected chi connectivity index (χ0v) is 10.2. The third kappa shape index (κ3) is 5.74. The molecule has 0 aliphatic heterocycles. The highest BCUT2D eigenvalue weighted by Crippen LogP contribution is 2.19. The number of hydrogen-bond donors (Lipinski definition) is 2. The highest BCUT2D eigenvalue weighted by atomic mass is 16.5. The van der Waals surface area contributed by atoms with Crippen molar-refractivity contribution < 1.29 is 14.6 Å². The minimum absolute atomic E-state index is 0.319. The van der Waals surface area contributed by atoms with Crippen LogP contribution in [0.4, 0.5) is 0 Å². The average molecular weight is 217 g/mol. The van der Waals surface area contributed by atoms with Crippen LogP contribution in [0.2, 0.25) is 0 Å². The first kappa shape index (κ1) is 14.4. The van der Waals surface area contributed by atoms with Gasteiger partial charge in [-0.3, -0.25) is 4.79 Å². The number of ether oxygens (including phenoxy) is 1. The second-order valence-electron chi connectivity index (χ2n) is 4.45. The number of carboxylic acids is 1. The lowest BCUT2D eigenvalue weighted by molar-refractivity contribution is -0.147. The molecule has 2 N–H and O–H groups in total. The molecule has 0 saturated heterocycles. The molecule has 0 rings (SSSR count). The first-order valence-electron chi connectivity index (χ1n) is 5.39. The number of aliphatic carboxylic acids is 1. The fourth-order valence-electron chi connectivity index (χ4n) is 1.22. The lowest BCUT2D eigenvalue weighted by Crippen LogP contribution is -2.36. The summed E-state index contributed by atoms with van der Waals surface area (Å²) in [4.78, 5) is 10.8. The van der Waals surface area contributed by atoms with E-state index in [1.165, 1.54) is 0 Å². The molecule has 0 aromatic heterocycles. The number of carboxylic acid groups (broad SMARTS) is 1. The van der Waals surface area contributed by atoms with E-state index in [0.717, 1.165) is 6.42 Å². The predicted octanol–water partition coefficient (Wildman–Crippen LogP) is 1.50. The summed E-state index contributed by atoms with van der Waals surface area (Å²) in [6.07, 6.45) is 1.61. The van der Waals surface area contributed by atoms with Gasteiger partial charge in [0.05, 0.1) is 12.0 Å². The second-order valence-corrected chi connectivity index (χ2v) is 4.45. The van der Waals surface area contributed by atoms with E-state index in [1.54, 1.807) is 21.0 Å². The summed E-state index contributed by atoms with van der Waals surface area (Å²) in [5.41, 5.74) is -0.654. The van der Waals surface area contributed by atoms with Crippen molar-refractivity contribution >= 4 is 5.97 Å². The zero-order valence-electron chi connectivity index (χ0n) is 10.2. The van der Waals surface area contributed by atoms with Gasteiger partial charge >= 0.3 is 5.97 Å². The van der Waals surface area contributed by atoms with Gasteiger partial charge in [0.2, 0.25) is 0 Å². The van der Waals surface area contributed by atoms with E-state index in [1.807, 2.05) is 0 Å². The molecule has 0 bridgehead atoms. The Labute approximate surface area is 92.0 Å². The Morgan fingerprint density at radius 3 is 2.53 bits per heavy atom. The van der Waals surface area contributed by atoms with Gasteiger partial charge in [-0.05, 0) is 33.2 Å². The molecule has 0 aromatic carbocycles. The second kappa shape index (κ2) is 6.80. The van der Waals surface area contributed by atoms with Crippen LogP contribution in [0.25, 0.3) is 0 Å². The molecule has 1 unspecified atom stereocenters. The monoisotopic (exact) mass is 217 g/mol. The molecule has 0 fully saturated rings. The van der Waals surface area contributed by atoms with Crippen LogP contribution < -0.4 is 5.32 Å². The first-order valence-corrected chi connectivity index (χ1v) is 5.39. The normalized spacial score (nSPS) is 13.9. The highest BCUT2D eigenvalue weighted by molar-refractivity contribution is 5.73. The van der Waals surface area contributed by atoms with Crippen LogP contribution >= 0.6 is 0 Å². The van der Waals surface area contributed by atoms with Crippen molar-refractivity contribution in [2.24, 2.45) is 5.41 Å². The van der Waals surface area contributed by atoms with Gasteiger partial charge < -0.3 is 15.2 Å². The summed E-state index contributed by atoms with van der Waals surface area (Å²) in [6, 6.07) is 0.319. The van der Waals surface area contributed by atoms with E-state index in [2.05, 4.69) is 12.2 Å². The molecule has 0 saturated carbocycles. The van der Waals surface area contributed by atoms with E-state index in [4.69, 9.17) is 9.84 Å². The smallest absolute Gasteiger partial charge is 0.309 e. The van der Waals surface area contributed by atoms with Crippen LogP contribution in [0.1, 0.15) is 33.6 Å². The number of rotatable bonds is 8. The Balaban J connectivity index is 3.81. The van der Waals surface area contributed by atoms with Crippen molar-refractivity contribution in [3.63, 3.8) is 0 Å². The number of methoxy groups -OCH3 is 1. The highest BCUT2D eigenvalue weighted by Gasteiger charge is 2.26. The molecular formula is C11H23NO3. The molecule has 1 atom stereocenters. The molecule has 0 aliphatic rings. The van der Waals surface area contributed by atoms with Crippen LogP contribution in [-0.4, -0.2) is 37.4 Å². The summed E-state index contributed by atoms with van der Waals surface area (Å²) in [7, 11) is 1.67. The lowest BCUT2D eigenvalue weighted by Gasteiger charge is -2.21. The third-order valence-corrected chi connectivity index (χ3v) is 2.62. The maximum atomic E-state index is 10.8. The largest absolute Gasteiger partial charge is 0.481 e.